The van der Waals surface area contributed by atoms with E-state index in [1.54, 1.807) is 0 Å². The lowest BCUT2D eigenvalue weighted by atomic mass is 10.2. The van der Waals surface area contributed by atoms with Gasteiger partial charge in [0.1, 0.15) is 11.5 Å². The van der Waals surface area contributed by atoms with Crippen LogP contribution in [0.5, 0.6) is 5.75 Å². The first-order valence-corrected chi connectivity index (χ1v) is 8.29. The normalized spacial score (nSPS) is 10.8. The van der Waals surface area contributed by atoms with Gasteiger partial charge in [-0.25, -0.2) is 4.98 Å². The van der Waals surface area contributed by atoms with Crippen molar-refractivity contribution in [1.29, 1.82) is 0 Å². The van der Waals surface area contributed by atoms with Gasteiger partial charge in [0.25, 0.3) is 5.89 Å². The SMILES string of the molecule is Cc1oc(-c2ccccc2)nc1Cc1noc(COc2ccccc2)n1. The van der Waals surface area contributed by atoms with Crippen molar-refractivity contribution >= 4 is 0 Å². The molecule has 4 aromatic rings. The van der Waals surface area contributed by atoms with Crippen LogP contribution in [0.1, 0.15) is 23.2 Å². The standard InChI is InChI=1S/C20H17N3O3/c1-14-17(21-20(25-14)15-8-4-2-5-9-15)12-18-22-19(26-23-18)13-24-16-10-6-3-7-11-16/h2-11H,12-13H2,1H3. The maximum atomic E-state index is 5.76. The first kappa shape index (κ1) is 16.1. The molecule has 0 amide bonds. The third kappa shape index (κ3) is 3.64. The number of para-hydroxylation sites is 1. The van der Waals surface area contributed by atoms with E-state index in [1.165, 1.54) is 0 Å². The molecule has 0 aliphatic rings. The van der Waals surface area contributed by atoms with Crippen LogP contribution >= 0.6 is 0 Å². The largest absolute Gasteiger partial charge is 0.484 e. The molecule has 0 saturated carbocycles. The van der Waals surface area contributed by atoms with Gasteiger partial charge in [-0.1, -0.05) is 41.6 Å². The summed E-state index contributed by atoms with van der Waals surface area (Å²) in [6, 6.07) is 19.3. The predicted molar refractivity (Wildman–Crippen MR) is 94.6 cm³/mol. The minimum atomic E-state index is 0.226. The lowest BCUT2D eigenvalue weighted by Crippen LogP contribution is -1.97. The van der Waals surface area contributed by atoms with Crippen LogP contribution in [0.15, 0.2) is 69.6 Å². The summed E-state index contributed by atoms with van der Waals surface area (Å²) >= 11 is 0. The molecule has 2 heterocycles. The van der Waals surface area contributed by atoms with E-state index in [4.69, 9.17) is 13.7 Å². The van der Waals surface area contributed by atoms with Gasteiger partial charge in [-0.05, 0) is 31.2 Å². The van der Waals surface area contributed by atoms with E-state index in [-0.39, 0.29) is 6.61 Å². The molecular weight excluding hydrogens is 330 g/mol. The molecular formula is C20H17N3O3. The van der Waals surface area contributed by atoms with Gasteiger partial charge in [0.15, 0.2) is 12.4 Å². The van der Waals surface area contributed by atoms with E-state index < -0.39 is 0 Å². The summed E-state index contributed by atoms with van der Waals surface area (Å²) in [5, 5.41) is 4.00. The third-order valence-corrected chi connectivity index (χ3v) is 3.85. The zero-order chi connectivity index (χ0) is 17.8. The van der Waals surface area contributed by atoms with Gasteiger partial charge >= 0.3 is 0 Å². The van der Waals surface area contributed by atoms with Gasteiger partial charge in [-0.3, -0.25) is 0 Å². The molecule has 6 heteroatoms. The van der Waals surface area contributed by atoms with Crippen molar-refractivity contribution in [3.05, 3.63) is 83.8 Å². The van der Waals surface area contributed by atoms with Crippen LogP contribution in [0.3, 0.4) is 0 Å². The highest BCUT2D eigenvalue weighted by Crippen LogP contribution is 2.22. The summed E-state index contributed by atoms with van der Waals surface area (Å²) in [6.07, 6.45) is 0.441. The highest BCUT2D eigenvalue weighted by Gasteiger charge is 2.15. The molecule has 0 radical (unpaired) electrons. The molecule has 0 spiro atoms. The number of rotatable bonds is 6. The van der Waals surface area contributed by atoms with Crippen molar-refractivity contribution in [3.63, 3.8) is 0 Å². The van der Waals surface area contributed by atoms with Crippen molar-refractivity contribution < 1.29 is 13.7 Å². The molecule has 4 rings (SSSR count). The van der Waals surface area contributed by atoms with Crippen molar-refractivity contribution in [1.82, 2.24) is 15.1 Å². The molecule has 130 valence electrons. The Kier molecular flexibility index (Phi) is 4.47. The number of hydrogen-bond acceptors (Lipinski definition) is 6. The van der Waals surface area contributed by atoms with Crippen LogP contribution in [0.25, 0.3) is 11.5 Å². The Morgan fingerprint density at radius 3 is 2.42 bits per heavy atom. The maximum absolute atomic E-state index is 5.76. The number of aromatic nitrogens is 3. The fourth-order valence-corrected chi connectivity index (χ4v) is 2.53. The average molecular weight is 347 g/mol. The Morgan fingerprint density at radius 2 is 1.65 bits per heavy atom. The Labute approximate surface area is 150 Å². The minimum Gasteiger partial charge on any atom is -0.484 e. The fraction of sp³-hybridized carbons (Fsp3) is 0.150. The topological polar surface area (TPSA) is 74.2 Å². The van der Waals surface area contributed by atoms with Crippen molar-refractivity contribution in [2.45, 2.75) is 20.0 Å². The smallest absolute Gasteiger partial charge is 0.264 e. The monoisotopic (exact) mass is 347 g/mol. The first-order chi connectivity index (χ1) is 12.8. The van der Waals surface area contributed by atoms with Crippen LogP contribution in [0, 0.1) is 6.92 Å². The molecule has 6 nitrogen and oxygen atoms in total. The molecule has 0 saturated heterocycles. The number of aryl methyl sites for hydroxylation is 1. The minimum absolute atomic E-state index is 0.226. The Hall–Kier alpha value is -3.41. The number of nitrogens with zero attached hydrogens (tertiary/aromatic N) is 3. The summed E-state index contributed by atoms with van der Waals surface area (Å²) in [7, 11) is 0. The van der Waals surface area contributed by atoms with Crippen LogP contribution in [0.2, 0.25) is 0 Å². The van der Waals surface area contributed by atoms with Gasteiger partial charge in [-0.2, -0.15) is 4.98 Å². The number of benzene rings is 2. The Morgan fingerprint density at radius 1 is 0.923 bits per heavy atom. The highest BCUT2D eigenvalue weighted by molar-refractivity contribution is 5.53. The van der Waals surface area contributed by atoms with Crippen molar-refractivity contribution in [2.24, 2.45) is 0 Å². The molecule has 2 aromatic heterocycles. The molecule has 0 bridgehead atoms. The lowest BCUT2D eigenvalue weighted by molar-refractivity contribution is 0.242. The quantitative estimate of drug-likeness (QED) is 0.520. The number of hydrogen-bond donors (Lipinski definition) is 0. The van der Waals surface area contributed by atoms with E-state index in [0.29, 0.717) is 24.0 Å². The molecule has 0 N–H and O–H groups in total. The highest BCUT2D eigenvalue weighted by atomic mass is 16.5. The second kappa shape index (κ2) is 7.23. The molecule has 0 fully saturated rings. The van der Waals surface area contributed by atoms with E-state index in [1.807, 2.05) is 67.6 Å². The predicted octanol–water partition coefficient (Wildman–Crippen LogP) is 4.20. The molecule has 0 aliphatic heterocycles. The van der Waals surface area contributed by atoms with Gasteiger partial charge in [0.2, 0.25) is 5.89 Å². The summed E-state index contributed by atoms with van der Waals surface area (Å²) in [5.41, 5.74) is 1.73. The summed E-state index contributed by atoms with van der Waals surface area (Å²) in [4.78, 5) is 8.92. The molecule has 0 unspecified atom stereocenters. The van der Waals surface area contributed by atoms with Gasteiger partial charge in [-0.15, -0.1) is 0 Å². The van der Waals surface area contributed by atoms with E-state index >= 15 is 0 Å². The van der Waals surface area contributed by atoms with Crippen molar-refractivity contribution in [3.8, 4) is 17.2 Å². The molecule has 2 aromatic carbocycles. The lowest BCUT2D eigenvalue weighted by Gasteiger charge is -2.01. The molecule has 0 aliphatic carbocycles. The van der Waals surface area contributed by atoms with E-state index in [2.05, 4.69) is 15.1 Å². The molecule has 0 atom stereocenters. The summed E-state index contributed by atoms with van der Waals surface area (Å²) < 4.78 is 16.6. The second-order valence-electron chi connectivity index (χ2n) is 5.77. The van der Waals surface area contributed by atoms with Crippen LogP contribution in [0.4, 0.5) is 0 Å². The number of oxazole rings is 1. The molecule has 26 heavy (non-hydrogen) atoms. The fourth-order valence-electron chi connectivity index (χ4n) is 2.53. The third-order valence-electron chi connectivity index (χ3n) is 3.85. The first-order valence-electron chi connectivity index (χ1n) is 8.29. The van der Waals surface area contributed by atoms with Gasteiger partial charge < -0.3 is 13.7 Å². The zero-order valence-electron chi connectivity index (χ0n) is 14.3. The number of ether oxygens (including phenoxy) is 1. The summed E-state index contributed by atoms with van der Waals surface area (Å²) in [5.74, 6) is 3.07. The van der Waals surface area contributed by atoms with Crippen LogP contribution in [-0.4, -0.2) is 15.1 Å². The van der Waals surface area contributed by atoms with Gasteiger partial charge in [0, 0.05) is 5.56 Å². The van der Waals surface area contributed by atoms with Crippen molar-refractivity contribution in [2.75, 3.05) is 0 Å². The van der Waals surface area contributed by atoms with E-state index in [9.17, 15) is 0 Å². The van der Waals surface area contributed by atoms with Gasteiger partial charge in [0.05, 0.1) is 12.1 Å². The zero-order valence-corrected chi connectivity index (χ0v) is 14.3. The average Bonchev–Trinajstić information content (AvgIpc) is 3.29. The van der Waals surface area contributed by atoms with E-state index in [0.717, 1.165) is 22.8 Å². The Balaban J connectivity index is 1.43. The maximum Gasteiger partial charge on any atom is 0.264 e. The van der Waals surface area contributed by atoms with Crippen LogP contribution in [-0.2, 0) is 13.0 Å². The Bertz CT molecular complexity index is 978. The second-order valence-corrected chi connectivity index (χ2v) is 5.77. The van der Waals surface area contributed by atoms with Crippen LogP contribution < -0.4 is 4.74 Å². The summed E-state index contributed by atoms with van der Waals surface area (Å²) in [6.45, 7) is 2.11.